The molecule has 0 aromatic carbocycles. The van der Waals surface area contributed by atoms with Crippen LogP contribution in [0.5, 0.6) is 0 Å². The zero-order valence-corrected chi connectivity index (χ0v) is 11.8. The minimum absolute atomic E-state index is 0.00572. The van der Waals surface area contributed by atoms with E-state index in [1.165, 1.54) is 0 Å². The van der Waals surface area contributed by atoms with Crippen LogP contribution >= 0.6 is 11.3 Å². The maximum Gasteiger partial charge on any atom is 0.220 e. The van der Waals surface area contributed by atoms with Gasteiger partial charge < -0.3 is 11.1 Å². The average Bonchev–Trinajstić information content (AvgIpc) is 2.89. The van der Waals surface area contributed by atoms with Crippen molar-refractivity contribution >= 4 is 17.2 Å². The normalized spacial score (nSPS) is 25.1. The zero-order valence-electron chi connectivity index (χ0n) is 11.0. The Hall–Kier alpha value is -0.940. The Labute approximate surface area is 112 Å². The third-order valence-electron chi connectivity index (χ3n) is 3.55. The SMILES string of the molecule is Cc1csc(C(C)NC(=O)C[C@@H]2CCC[C@H]2N)n1. The van der Waals surface area contributed by atoms with E-state index in [-0.39, 0.29) is 18.0 Å². The van der Waals surface area contributed by atoms with Gasteiger partial charge >= 0.3 is 0 Å². The van der Waals surface area contributed by atoms with Crippen LogP contribution in [0.2, 0.25) is 0 Å². The van der Waals surface area contributed by atoms with E-state index in [1.807, 2.05) is 19.2 Å². The molecule has 1 aromatic heterocycles. The summed E-state index contributed by atoms with van der Waals surface area (Å²) in [7, 11) is 0. The second-order valence-corrected chi connectivity index (χ2v) is 6.06. The van der Waals surface area contributed by atoms with Crippen LogP contribution in [0.15, 0.2) is 5.38 Å². The smallest absolute Gasteiger partial charge is 0.220 e. The predicted octanol–water partition coefficient (Wildman–Crippen LogP) is 2.15. The van der Waals surface area contributed by atoms with Gasteiger partial charge in [-0.2, -0.15) is 0 Å². The molecule has 0 aliphatic heterocycles. The molecule has 1 heterocycles. The third kappa shape index (κ3) is 3.29. The molecule has 5 heteroatoms. The molecule has 0 spiro atoms. The quantitative estimate of drug-likeness (QED) is 0.878. The maximum atomic E-state index is 11.9. The summed E-state index contributed by atoms with van der Waals surface area (Å²) in [6, 6.07) is 0.196. The van der Waals surface area contributed by atoms with Crippen LogP contribution in [0, 0.1) is 12.8 Å². The lowest BCUT2D eigenvalue weighted by Gasteiger charge is -2.17. The van der Waals surface area contributed by atoms with Crippen molar-refractivity contribution in [3.63, 3.8) is 0 Å². The Morgan fingerprint density at radius 2 is 2.44 bits per heavy atom. The molecule has 1 aliphatic rings. The molecule has 1 unspecified atom stereocenters. The predicted molar refractivity (Wildman–Crippen MR) is 73.3 cm³/mol. The number of nitrogens with one attached hydrogen (secondary N) is 1. The van der Waals surface area contributed by atoms with E-state index in [0.717, 1.165) is 30.0 Å². The highest BCUT2D eigenvalue weighted by Gasteiger charge is 2.26. The first-order valence-electron chi connectivity index (χ1n) is 6.53. The molecule has 100 valence electrons. The lowest BCUT2D eigenvalue weighted by Crippen LogP contribution is -2.32. The number of carbonyl (C=O) groups excluding carboxylic acids is 1. The van der Waals surface area contributed by atoms with Crippen LogP contribution in [-0.4, -0.2) is 16.9 Å². The van der Waals surface area contributed by atoms with Gasteiger partial charge in [-0.15, -0.1) is 11.3 Å². The second kappa shape index (κ2) is 5.80. The number of nitrogens with zero attached hydrogens (tertiary/aromatic N) is 1. The number of carbonyl (C=O) groups is 1. The summed E-state index contributed by atoms with van der Waals surface area (Å²) >= 11 is 1.59. The van der Waals surface area contributed by atoms with Gasteiger partial charge in [0, 0.05) is 23.5 Å². The molecule has 0 radical (unpaired) electrons. The molecule has 1 amide bonds. The van der Waals surface area contributed by atoms with E-state index in [0.29, 0.717) is 12.3 Å². The first-order valence-corrected chi connectivity index (χ1v) is 7.41. The summed E-state index contributed by atoms with van der Waals surface area (Å²) in [4.78, 5) is 16.3. The Morgan fingerprint density at radius 3 is 3.00 bits per heavy atom. The number of aryl methyl sites for hydroxylation is 1. The number of thiazole rings is 1. The second-order valence-electron chi connectivity index (χ2n) is 5.18. The van der Waals surface area contributed by atoms with E-state index in [2.05, 4.69) is 10.3 Å². The van der Waals surface area contributed by atoms with Gasteiger partial charge in [-0.25, -0.2) is 4.98 Å². The Morgan fingerprint density at radius 1 is 1.67 bits per heavy atom. The van der Waals surface area contributed by atoms with Gasteiger partial charge in [-0.1, -0.05) is 6.42 Å². The molecule has 0 bridgehead atoms. The maximum absolute atomic E-state index is 11.9. The number of nitrogens with two attached hydrogens (primary N) is 1. The van der Waals surface area contributed by atoms with E-state index in [9.17, 15) is 4.79 Å². The molecule has 3 N–H and O–H groups in total. The first-order chi connectivity index (χ1) is 8.56. The Balaban J connectivity index is 1.83. The summed E-state index contributed by atoms with van der Waals surface area (Å²) in [6.45, 7) is 3.94. The molecule has 0 saturated heterocycles. The molecular weight excluding hydrogens is 246 g/mol. The molecule has 1 aliphatic carbocycles. The van der Waals surface area contributed by atoms with E-state index in [1.54, 1.807) is 11.3 Å². The van der Waals surface area contributed by atoms with Crippen molar-refractivity contribution in [2.24, 2.45) is 11.7 Å². The Bertz CT molecular complexity index is 418. The van der Waals surface area contributed by atoms with Crippen LogP contribution < -0.4 is 11.1 Å². The van der Waals surface area contributed by atoms with Crippen molar-refractivity contribution in [2.45, 2.75) is 51.6 Å². The zero-order chi connectivity index (χ0) is 13.1. The van der Waals surface area contributed by atoms with Gasteiger partial charge in [0.05, 0.1) is 6.04 Å². The van der Waals surface area contributed by atoms with E-state index >= 15 is 0 Å². The lowest BCUT2D eigenvalue weighted by atomic mass is 10.00. The molecule has 1 saturated carbocycles. The number of rotatable bonds is 4. The fourth-order valence-electron chi connectivity index (χ4n) is 2.49. The summed E-state index contributed by atoms with van der Waals surface area (Å²) in [5, 5.41) is 5.98. The van der Waals surface area contributed by atoms with Crippen LogP contribution in [0.3, 0.4) is 0 Å². The highest BCUT2D eigenvalue weighted by atomic mass is 32.1. The van der Waals surface area contributed by atoms with Crippen molar-refractivity contribution in [3.8, 4) is 0 Å². The van der Waals surface area contributed by atoms with Crippen molar-refractivity contribution in [1.82, 2.24) is 10.3 Å². The van der Waals surface area contributed by atoms with Gasteiger partial charge in [0.25, 0.3) is 0 Å². The fourth-order valence-corrected chi connectivity index (χ4v) is 3.29. The standard InChI is InChI=1S/C13H21N3OS/c1-8-7-18-13(15-8)9(2)16-12(17)6-10-4-3-5-11(10)14/h7,9-11H,3-6,14H2,1-2H3,(H,16,17)/t9?,10-,11+/m0/s1. The molecular formula is C13H21N3OS. The van der Waals surface area contributed by atoms with Gasteiger partial charge in [-0.05, 0) is 32.6 Å². The van der Waals surface area contributed by atoms with Crippen molar-refractivity contribution in [2.75, 3.05) is 0 Å². The molecule has 4 nitrogen and oxygen atoms in total. The Kier molecular flexibility index (Phi) is 4.35. The van der Waals surface area contributed by atoms with Crippen molar-refractivity contribution in [3.05, 3.63) is 16.1 Å². The van der Waals surface area contributed by atoms with Gasteiger partial charge in [0.1, 0.15) is 5.01 Å². The lowest BCUT2D eigenvalue weighted by molar-refractivity contribution is -0.122. The monoisotopic (exact) mass is 267 g/mol. The molecule has 2 rings (SSSR count). The summed E-state index contributed by atoms with van der Waals surface area (Å²) in [5.41, 5.74) is 6.99. The van der Waals surface area contributed by atoms with Gasteiger partial charge in [0.2, 0.25) is 5.91 Å². The highest BCUT2D eigenvalue weighted by Crippen LogP contribution is 2.27. The number of hydrogen-bond acceptors (Lipinski definition) is 4. The van der Waals surface area contributed by atoms with Crippen LogP contribution in [0.4, 0.5) is 0 Å². The summed E-state index contributed by atoms with van der Waals surface area (Å²) < 4.78 is 0. The van der Waals surface area contributed by atoms with Gasteiger partial charge in [0.15, 0.2) is 0 Å². The first kappa shape index (κ1) is 13.5. The number of hydrogen-bond donors (Lipinski definition) is 2. The number of aromatic nitrogens is 1. The van der Waals surface area contributed by atoms with E-state index < -0.39 is 0 Å². The van der Waals surface area contributed by atoms with Crippen LogP contribution in [-0.2, 0) is 4.79 Å². The molecule has 1 aromatic rings. The third-order valence-corrected chi connectivity index (χ3v) is 4.70. The van der Waals surface area contributed by atoms with E-state index in [4.69, 9.17) is 5.73 Å². The largest absolute Gasteiger partial charge is 0.347 e. The minimum Gasteiger partial charge on any atom is -0.347 e. The highest BCUT2D eigenvalue weighted by molar-refractivity contribution is 7.09. The topological polar surface area (TPSA) is 68.0 Å². The van der Waals surface area contributed by atoms with Crippen LogP contribution in [0.25, 0.3) is 0 Å². The molecule has 3 atom stereocenters. The van der Waals surface area contributed by atoms with Crippen LogP contribution in [0.1, 0.15) is 49.4 Å². The van der Waals surface area contributed by atoms with Gasteiger partial charge in [-0.3, -0.25) is 4.79 Å². The van der Waals surface area contributed by atoms with Crippen molar-refractivity contribution in [1.29, 1.82) is 0 Å². The minimum atomic E-state index is -0.00572. The average molecular weight is 267 g/mol. The molecule has 1 fully saturated rings. The number of amides is 1. The molecule has 18 heavy (non-hydrogen) atoms. The summed E-state index contributed by atoms with van der Waals surface area (Å²) in [6.07, 6.45) is 3.84. The fraction of sp³-hybridized carbons (Fsp3) is 0.692. The van der Waals surface area contributed by atoms with Crippen molar-refractivity contribution < 1.29 is 4.79 Å². The summed E-state index contributed by atoms with van der Waals surface area (Å²) in [5.74, 6) is 0.452.